The maximum Gasteiger partial charge on any atom is 0.303 e. The molecular formula is C101H128BF2N18O12. The molecule has 33 heteroatoms. The molecule has 10 aromatic rings. The molecule has 2 saturated carbocycles. The van der Waals surface area contributed by atoms with Crippen LogP contribution in [0.4, 0.5) is 8.78 Å². The second-order valence-corrected chi connectivity index (χ2v) is 33.4. The van der Waals surface area contributed by atoms with Crippen molar-refractivity contribution in [1.29, 1.82) is 0 Å². The number of carboxylic acid groups (broad SMARTS) is 1. The highest BCUT2D eigenvalue weighted by molar-refractivity contribution is 6.00. The van der Waals surface area contributed by atoms with Crippen LogP contribution in [0, 0.1) is 11.6 Å². The number of carbonyl (C=O) groups excluding carboxylic acids is 9. The summed E-state index contributed by atoms with van der Waals surface area (Å²) in [6.07, 6.45) is 30.3. The van der Waals surface area contributed by atoms with Gasteiger partial charge in [-0.25, -0.2) is 27.5 Å². The van der Waals surface area contributed by atoms with Gasteiger partial charge in [-0.2, -0.15) is 20.4 Å². The highest BCUT2D eigenvalue weighted by atomic mass is 19.1. The lowest BCUT2D eigenvalue weighted by atomic mass is 10.1. The van der Waals surface area contributed by atoms with E-state index in [2.05, 4.69) is 47.0 Å². The third-order valence-electron chi connectivity index (χ3n) is 23.7. The Morgan fingerprint density at radius 3 is 1.01 bits per heavy atom. The number of hydrogen-bond acceptors (Lipinski definition) is 17. The number of nitrogens with zero attached hydrogens (tertiary/aromatic N) is 12. The van der Waals surface area contributed by atoms with Crippen LogP contribution in [0.5, 0.6) is 0 Å². The van der Waals surface area contributed by atoms with Crippen LogP contribution in [0.15, 0.2) is 219 Å². The molecule has 9 N–H and O–H groups in total. The molecule has 4 aromatic heterocycles. The first-order valence-corrected chi connectivity index (χ1v) is 46.0. The number of amides is 8. The van der Waals surface area contributed by atoms with Gasteiger partial charge in [-0.15, -0.1) is 0 Å². The Labute approximate surface area is 788 Å². The first kappa shape index (κ1) is 101. The highest BCUT2D eigenvalue weighted by Crippen LogP contribution is 2.41. The zero-order valence-electron chi connectivity index (χ0n) is 78.6. The van der Waals surface area contributed by atoms with Gasteiger partial charge in [0.15, 0.2) is 0 Å². The molecule has 2 aliphatic carbocycles. The van der Waals surface area contributed by atoms with Gasteiger partial charge in [0, 0.05) is 132 Å². The van der Waals surface area contributed by atoms with E-state index < -0.39 is 36.0 Å². The van der Waals surface area contributed by atoms with Gasteiger partial charge in [-0.1, -0.05) is 118 Å². The number of para-hydroxylation sites is 4. The summed E-state index contributed by atoms with van der Waals surface area (Å²) in [5.74, 6) is -2.31. The molecule has 8 heterocycles. The largest absolute Gasteiger partial charge is 0.481 e. The van der Waals surface area contributed by atoms with Crippen LogP contribution >= 0.6 is 0 Å². The monoisotopic (exact) mass is 1840 g/mol. The predicted molar refractivity (Wildman–Crippen MR) is 510 cm³/mol. The van der Waals surface area contributed by atoms with Crippen molar-refractivity contribution >= 4 is 67.9 Å². The fraction of sp³-hybridized carbons (Fsp3) is 0.426. The Morgan fingerprint density at radius 2 is 0.724 bits per heavy atom. The van der Waals surface area contributed by atoms with E-state index in [1.165, 1.54) is 62.0 Å². The first-order valence-electron chi connectivity index (χ1n) is 47.7. The van der Waals surface area contributed by atoms with Crippen LogP contribution in [0.3, 0.4) is 0 Å². The average molecular weight is 1840 g/mol. The van der Waals surface area contributed by atoms with Crippen molar-refractivity contribution in [2.45, 2.75) is 211 Å². The molecule has 134 heavy (non-hydrogen) atoms. The number of carbonyl (C=O) groups is 10. The number of nitrogens with one attached hydrogen (secondary N) is 5. The van der Waals surface area contributed by atoms with Crippen LogP contribution in [0.25, 0.3) is 22.7 Å². The number of aliphatic hydroxyl groups is 1. The fourth-order valence-corrected chi connectivity index (χ4v) is 16.2. The van der Waals surface area contributed by atoms with E-state index in [0.29, 0.717) is 105 Å². The number of hydrogen-bond donors (Lipinski definition) is 8. The Balaban J connectivity index is 0.000000193. The standard InChI is InChI=1S/C29H34FN5O2.C20H24N4O4.C20H26N4O3.C20H24N4O3.C9H10FN.C2H6.CH4.B/c30-23-13-11-21(12-14-23)25-18-27(25)31-15-7-10-26(29(37)34-16-5-2-6-17-34)33-28(36)22-19-32-35(20-22)24-8-3-1-4-9-24;25-18(26)10-9-17(20(28)23-11-5-2-6-12-23)22-19(27)15-13-21-24(14-15)16-7-3-1-4-8-16;2*25-13-7-10-18(20(27)23-11-5-2-6-12-23)22-19(26)16-14-21-24(15-16)17-8-3-1-4-9-17;10-7-3-1-6(2-4-7)8-5-9(8)11;1-2;;/h1,3-4,8-9,11-14,19-20,25-27,31H,2,5-7,10,15-18H2,(H,33,36);1,3-4,7-8,13-14,17H,2,5-6,9-12H2,(H,22,27)(H,25,26);1,3-4,8-9,14-15,18,25H,2,5-7,10-13H2,(H,22,26);1,3-4,8-9,13-15,18H,2,5-7,10-12H2,(H,22,26);1-4,8-9H,5,11H2;1-2H3;1H4;/t25-,26-,27+;17-;2*18-;8-,9+;;;/m00000.../s1/i;;;;;2*1D;. The predicted octanol–water partition coefficient (Wildman–Crippen LogP) is 12.5. The quantitative estimate of drug-likeness (QED) is 0.0110. The Hall–Kier alpha value is -13.1. The number of benzene rings is 6. The van der Waals surface area contributed by atoms with Gasteiger partial charge in [0.25, 0.3) is 23.6 Å². The minimum Gasteiger partial charge on any atom is -0.481 e. The summed E-state index contributed by atoms with van der Waals surface area (Å²) in [7, 11) is 1.25. The van der Waals surface area contributed by atoms with Crippen molar-refractivity contribution in [2.24, 2.45) is 5.73 Å². The summed E-state index contributed by atoms with van der Waals surface area (Å²) < 4.78 is 44.1. The van der Waals surface area contributed by atoms with Crippen molar-refractivity contribution < 1.29 is 69.7 Å². The molecule has 0 unspecified atom stereocenters. The number of piperidine rings is 4. The van der Waals surface area contributed by atoms with Crippen LogP contribution in [-0.4, -0.2) is 239 Å². The fourth-order valence-electron chi connectivity index (χ4n) is 16.2. The van der Waals surface area contributed by atoms with Crippen molar-refractivity contribution in [3.63, 3.8) is 0 Å². The Bertz CT molecular complexity index is 5310. The lowest BCUT2D eigenvalue weighted by Gasteiger charge is -2.30. The van der Waals surface area contributed by atoms with Crippen LogP contribution in [0.2, 0.25) is 0 Å². The first-order chi connectivity index (χ1) is 65.7. The molecule has 3 radical (unpaired) electrons. The number of aromatic nitrogens is 8. The zero-order valence-corrected chi connectivity index (χ0v) is 76.6. The number of aldehydes is 1. The van der Waals surface area contributed by atoms with Gasteiger partial charge in [0.1, 0.15) is 42.1 Å². The van der Waals surface area contributed by atoms with E-state index in [-0.39, 0.29) is 87.3 Å². The van der Waals surface area contributed by atoms with E-state index in [0.717, 1.165) is 164 Å². The van der Waals surface area contributed by atoms with Crippen molar-refractivity contribution in [3.8, 4) is 22.7 Å². The Kier molecular flexibility index (Phi) is 41.4. The summed E-state index contributed by atoms with van der Waals surface area (Å²) >= 11 is 0. The van der Waals surface area contributed by atoms with E-state index in [9.17, 15) is 56.7 Å². The van der Waals surface area contributed by atoms with Gasteiger partial charge < -0.3 is 66.9 Å². The number of aliphatic hydroxyl groups excluding tert-OH is 1. The summed E-state index contributed by atoms with van der Waals surface area (Å²) in [6.45, 7) is 8.70. The van der Waals surface area contributed by atoms with Gasteiger partial charge in [-0.3, -0.25) is 43.2 Å². The van der Waals surface area contributed by atoms with E-state index in [1.807, 2.05) is 155 Å². The number of halogens is 2. The molecule has 0 bridgehead atoms. The smallest absolute Gasteiger partial charge is 0.303 e. The summed E-state index contributed by atoms with van der Waals surface area (Å²) in [4.78, 5) is 132. The molecule has 16 rings (SSSR count). The second-order valence-electron chi connectivity index (χ2n) is 33.4. The van der Waals surface area contributed by atoms with Gasteiger partial charge in [0.2, 0.25) is 23.6 Å². The maximum absolute atomic E-state index is 13.3. The van der Waals surface area contributed by atoms with Crippen molar-refractivity contribution in [1.82, 2.24) is 85.3 Å². The number of carboxylic acids is 1. The molecule has 8 atom stereocenters. The number of nitrogens with two attached hydrogens (primary N) is 1. The molecule has 6 fully saturated rings. The molecule has 30 nitrogen and oxygen atoms in total. The third-order valence-corrected chi connectivity index (χ3v) is 23.7. The number of likely N-dealkylation sites (tertiary alicyclic amines) is 4. The van der Waals surface area contributed by atoms with Crippen LogP contribution in [-0.2, 0) is 28.8 Å². The summed E-state index contributed by atoms with van der Waals surface area (Å²) in [5, 5.41) is 50.0. The molecule has 6 aromatic carbocycles. The minimum absolute atomic E-state index is 0. The van der Waals surface area contributed by atoms with E-state index >= 15 is 0 Å². The normalized spacial score (nSPS) is 17.3. The minimum atomic E-state index is -0.998. The maximum atomic E-state index is 13.3. The summed E-state index contributed by atoms with van der Waals surface area (Å²) in [6, 6.07) is 49.2. The molecular weight excluding hydrogens is 1710 g/mol. The zero-order chi connectivity index (χ0) is 96.2. The Morgan fingerprint density at radius 1 is 0.440 bits per heavy atom. The lowest BCUT2D eigenvalue weighted by molar-refractivity contribution is -0.138. The van der Waals surface area contributed by atoms with E-state index in [4.69, 9.17) is 18.7 Å². The van der Waals surface area contributed by atoms with Crippen molar-refractivity contribution in [2.75, 3.05) is 65.5 Å². The summed E-state index contributed by atoms with van der Waals surface area (Å²) in [5.41, 5.74) is 12.9. The third kappa shape index (κ3) is 32.1. The van der Waals surface area contributed by atoms with E-state index in [1.54, 1.807) is 60.2 Å². The van der Waals surface area contributed by atoms with Crippen LogP contribution < -0.4 is 32.3 Å². The molecule has 6 aliphatic rings. The average Bonchev–Trinajstić information content (AvgIpc) is 1.64. The number of rotatable bonds is 32. The molecule has 4 saturated heterocycles. The topological polar surface area (TPSA) is 382 Å². The second kappa shape index (κ2) is 54.8. The van der Waals surface area contributed by atoms with Gasteiger partial charge >= 0.3 is 5.97 Å². The van der Waals surface area contributed by atoms with Crippen LogP contribution in [0.1, 0.15) is 230 Å². The molecule has 711 valence electrons. The van der Waals surface area contributed by atoms with Gasteiger partial charge in [-0.05, 0) is 219 Å². The SMILES string of the molecule is N[C@@H]1C[C@H]1c1ccc(F)cc1.O=C(N[C@@H](CCCN[C@@H]1C[C@H]1c1ccc(F)cc1)C(=O)N1CCCCC1)c1cnn(-c2ccccc2)c1.O=C(N[C@@H](CCCO)C(=O)N1CCCCC1)c1cnn(-c2ccccc2)c1.O=C(O)CC[C@H](NC(=O)c1cnn(-c2ccccc2)c1)C(=O)N1CCCCC1.O=CCC[C@H](NC(=O)c1cnn(-c2ccccc2)c1)C(=O)N1CCCCC1.[2H]C.[2H]CC.[B]. The molecule has 8 amide bonds. The lowest BCUT2D eigenvalue weighted by Crippen LogP contribution is -2.50. The van der Waals surface area contributed by atoms with Crippen molar-refractivity contribution in [3.05, 3.63) is 264 Å². The highest BCUT2D eigenvalue weighted by Gasteiger charge is 2.39. The molecule has 0 spiro atoms. The molecule has 4 aliphatic heterocycles. The van der Waals surface area contributed by atoms with Gasteiger partial charge in [0.05, 0.1) is 69.8 Å². The number of aliphatic carboxylic acids is 1.